The van der Waals surface area contributed by atoms with Crippen LogP contribution in [0.2, 0.25) is 0 Å². The first-order valence-corrected chi connectivity index (χ1v) is 9.22. The lowest BCUT2D eigenvalue weighted by atomic mass is 10.0. The van der Waals surface area contributed by atoms with Gasteiger partial charge >= 0.3 is 5.97 Å². The molecule has 0 radical (unpaired) electrons. The summed E-state index contributed by atoms with van der Waals surface area (Å²) in [5.74, 6) is -1.36. The number of nitrogens with one attached hydrogen (secondary N) is 1. The lowest BCUT2D eigenvalue weighted by Gasteiger charge is -2.09. The van der Waals surface area contributed by atoms with Gasteiger partial charge in [0.15, 0.2) is 0 Å². The predicted molar refractivity (Wildman–Crippen MR) is 92.3 cm³/mol. The number of rotatable bonds is 6. The van der Waals surface area contributed by atoms with Crippen LogP contribution in [0.1, 0.15) is 41.3 Å². The standard InChI is InChI=1S/C18H20FNO4S/c1-12(2)14-6-4-13(5-7-14)11-24-18(21)16-10-15(8-9-17(16)19)25(22,23)20-3/h4-10,12,20H,11H2,1-3H3. The zero-order valence-corrected chi connectivity index (χ0v) is 15.1. The summed E-state index contributed by atoms with van der Waals surface area (Å²) in [6.45, 7) is 4.12. The first-order chi connectivity index (χ1) is 11.7. The Balaban J connectivity index is 2.14. The molecule has 0 atom stereocenters. The number of hydrogen-bond donors (Lipinski definition) is 1. The Morgan fingerprint density at radius 3 is 2.36 bits per heavy atom. The Hall–Kier alpha value is -2.25. The van der Waals surface area contributed by atoms with Crippen LogP contribution in [-0.2, 0) is 21.4 Å². The zero-order chi connectivity index (χ0) is 18.6. The molecule has 2 aromatic rings. The van der Waals surface area contributed by atoms with Gasteiger partial charge in [-0.1, -0.05) is 38.1 Å². The van der Waals surface area contributed by atoms with Gasteiger partial charge in [0, 0.05) is 0 Å². The fourth-order valence-corrected chi connectivity index (χ4v) is 2.93. The monoisotopic (exact) mass is 365 g/mol. The molecule has 0 unspecified atom stereocenters. The van der Waals surface area contributed by atoms with E-state index in [0.717, 1.165) is 29.3 Å². The average Bonchev–Trinajstić information content (AvgIpc) is 2.60. The summed E-state index contributed by atoms with van der Waals surface area (Å²) < 4.78 is 44.6. The second-order valence-corrected chi connectivity index (χ2v) is 7.71. The summed E-state index contributed by atoms with van der Waals surface area (Å²) in [5, 5.41) is 0. The first-order valence-electron chi connectivity index (χ1n) is 7.73. The van der Waals surface area contributed by atoms with E-state index in [4.69, 9.17) is 4.74 Å². The quantitative estimate of drug-likeness (QED) is 0.798. The number of halogens is 1. The summed E-state index contributed by atoms with van der Waals surface area (Å²) in [4.78, 5) is 11.9. The number of benzene rings is 2. The summed E-state index contributed by atoms with van der Waals surface area (Å²) in [7, 11) is -2.54. The molecule has 0 amide bonds. The largest absolute Gasteiger partial charge is 0.457 e. The van der Waals surface area contributed by atoms with Crippen molar-refractivity contribution in [3.8, 4) is 0 Å². The normalized spacial score (nSPS) is 11.6. The highest BCUT2D eigenvalue weighted by Crippen LogP contribution is 2.18. The SMILES string of the molecule is CNS(=O)(=O)c1ccc(F)c(C(=O)OCc2ccc(C(C)C)cc2)c1. The highest BCUT2D eigenvalue weighted by atomic mass is 32.2. The number of ether oxygens (including phenoxy) is 1. The van der Waals surface area contributed by atoms with Gasteiger partial charge in [0.2, 0.25) is 10.0 Å². The van der Waals surface area contributed by atoms with Crippen LogP contribution >= 0.6 is 0 Å². The third-order valence-electron chi connectivity index (χ3n) is 3.75. The van der Waals surface area contributed by atoms with Gasteiger partial charge in [0.05, 0.1) is 10.5 Å². The van der Waals surface area contributed by atoms with Crippen molar-refractivity contribution in [2.75, 3.05) is 7.05 Å². The molecule has 0 heterocycles. The average molecular weight is 365 g/mol. The molecule has 0 fully saturated rings. The Labute approximate surface area is 146 Å². The van der Waals surface area contributed by atoms with Gasteiger partial charge in [-0.05, 0) is 42.3 Å². The first kappa shape index (κ1) is 19.1. The molecular formula is C18H20FNO4S. The van der Waals surface area contributed by atoms with E-state index in [2.05, 4.69) is 18.6 Å². The van der Waals surface area contributed by atoms with Gasteiger partial charge in [-0.2, -0.15) is 0 Å². The molecule has 0 spiro atoms. The van der Waals surface area contributed by atoms with Gasteiger partial charge in [0.1, 0.15) is 12.4 Å². The van der Waals surface area contributed by atoms with Gasteiger partial charge in [0.25, 0.3) is 0 Å². The molecule has 25 heavy (non-hydrogen) atoms. The van der Waals surface area contributed by atoms with Crippen molar-refractivity contribution < 1.29 is 22.3 Å². The van der Waals surface area contributed by atoms with Crippen molar-refractivity contribution in [3.05, 3.63) is 65.0 Å². The van der Waals surface area contributed by atoms with Gasteiger partial charge in [-0.3, -0.25) is 0 Å². The number of hydrogen-bond acceptors (Lipinski definition) is 4. The van der Waals surface area contributed by atoms with Crippen LogP contribution in [0.3, 0.4) is 0 Å². The highest BCUT2D eigenvalue weighted by molar-refractivity contribution is 7.89. The molecule has 134 valence electrons. The maximum absolute atomic E-state index is 13.9. The van der Waals surface area contributed by atoms with E-state index in [0.29, 0.717) is 5.92 Å². The number of carbonyl (C=O) groups excluding carboxylic acids is 1. The number of esters is 1. The summed E-state index contributed by atoms with van der Waals surface area (Å²) >= 11 is 0. The summed E-state index contributed by atoms with van der Waals surface area (Å²) in [6, 6.07) is 10.5. The van der Waals surface area contributed by atoms with E-state index >= 15 is 0 Å². The van der Waals surface area contributed by atoms with Gasteiger partial charge in [-0.25, -0.2) is 22.3 Å². The molecule has 0 saturated heterocycles. The third-order valence-corrected chi connectivity index (χ3v) is 5.17. The molecule has 0 aliphatic heterocycles. The van der Waals surface area contributed by atoms with E-state index in [1.165, 1.54) is 7.05 Å². The van der Waals surface area contributed by atoms with Gasteiger partial charge in [-0.15, -0.1) is 0 Å². The Morgan fingerprint density at radius 2 is 1.80 bits per heavy atom. The van der Waals surface area contributed by atoms with E-state index in [1.807, 2.05) is 24.3 Å². The topological polar surface area (TPSA) is 72.5 Å². The van der Waals surface area contributed by atoms with Crippen molar-refractivity contribution in [1.82, 2.24) is 4.72 Å². The van der Waals surface area contributed by atoms with Crippen LogP contribution in [0.15, 0.2) is 47.4 Å². The molecule has 0 aliphatic carbocycles. The van der Waals surface area contributed by atoms with Crippen molar-refractivity contribution in [2.45, 2.75) is 31.3 Å². The number of sulfonamides is 1. The molecule has 2 aromatic carbocycles. The van der Waals surface area contributed by atoms with Crippen LogP contribution in [0.25, 0.3) is 0 Å². The lowest BCUT2D eigenvalue weighted by Crippen LogP contribution is -2.19. The highest BCUT2D eigenvalue weighted by Gasteiger charge is 2.19. The minimum absolute atomic E-state index is 0.0281. The smallest absolute Gasteiger partial charge is 0.341 e. The lowest BCUT2D eigenvalue weighted by molar-refractivity contribution is 0.0467. The Morgan fingerprint density at radius 1 is 1.16 bits per heavy atom. The number of carbonyl (C=O) groups is 1. The van der Waals surface area contributed by atoms with Crippen LogP contribution in [0.4, 0.5) is 4.39 Å². The Bertz CT molecular complexity index is 861. The third kappa shape index (κ3) is 4.64. The minimum atomic E-state index is -3.78. The van der Waals surface area contributed by atoms with E-state index < -0.39 is 27.4 Å². The maximum atomic E-state index is 13.9. The fraction of sp³-hybridized carbons (Fsp3) is 0.278. The predicted octanol–water partition coefficient (Wildman–Crippen LogP) is 3.21. The van der Waals surface area contributed by atoms with Crippen molar-refractivity contribution in [2.24, 2.45) is 0 Å². The fourth-order valence-electron chi connectivity index (χ4n) is 2.17. The van der Waals surface area contributed by atoms with Crippen molar-refractivity contribution in [1.29, 1.82) is 0 Å². The summed E-state index contributed by atoms with van der Waals surface area (Å²) in [6.07, 6.45) is 0. The second-order valence-electron chi connectivity index (χ2n) is 5.82. The van der Waals surface area contributed by atoms with E-state index in [1.54, 1.807) is 0 Å². The molecule has 0 aliphatic rings. The minimum Gasteiger partial charge on any atom is -0.457 e. The molecule has 0 aromatic heterocycles. The molecule has 7 heteroatoms. The van der Waals surface area contributed by atoms with Crippen LogP contribution < -0.4 is 4.72 Å². The Kier molecular flexibility index (Phi) is 5.92. The summed E-state index contributed by atoms with van der Waals surface area (Å²) in [5.41, 5.74) is 1.50. The van der Waals surface area contributed by atoms with E-state index in [9.17, 15) is 17.6 Å². The molecule has 0 saturated carbocycles. The molecule has 2 rings (SSSR count). The molecule has 0 bridgehead atoms. The van der Waals surface area contributed by atoms with Gasteiger partial charge < -0.3 is 4.74 Å². The van der Waals surface area contributed by atoms with Crippen LogP contribution in [0.5, 0.6) is 0 Å². The van der Waals surface area contributed by atoms with Crippen LogP contribution in [-0.4, -0.2) is 21.4 Å². The van der Waals surface area contributed by atoms with Crippen molar-refractivity contribution >= 4 is 16.0 Å². The second kappa shape index (κ2) is 7.76. The zero-order valence-electron chi connectivity index (χ0n) is 14.2. The molecule has 1 N–H and O–H groups in total. The van der Waals surface area contributed by atoms with Crippen LogP contribution in [0, 0.1) is 5.82 Å². The molecular weight excluding hydrogens is 345 g/mol. The maximum Gasteiger partial charge on any atom is 0.341 e. The molecule has 5 nitrogen and oxygen atoms in total. The van der Waals surface area contributed by atoms with Crippen molar-refractivity contribution in [3.63, 3.8) is 0 Å². The van der Waals surface area contributed by atoms with E-state index in [-0.39, 0.29) is 11.5 Å².